The van der Waals surface area contributed by atoms with Gasteiger partial charge in [0.15, 0.2) is 0 Å². The summed E-state index contributed by atoms with van der Waals surface area (Å²) in [5, 5.41) is 19.6. The van der Waals surface area contributed by atoms with Crippen LogP contribution in [0.15, 0.2) is 12.7 Å². The molecule has 13 heavy (non-hydrogen) atoms. The van der Waals surface area contributed by atoms with E-state index in [1.807, 2.05) is 13.8 Å². The van der Waals surface area contributed by atoms with Gasteiger partial charge < -0.3 is 10.2 Å². The second-order valence-electron chi connectivity index (χ2n) is 3.66. The molecule has 0 radical (unpaired) electrons. The highest BCUT2D eigenvalue weighted by atomic mass is 16.3. The van der Waals surface area contributed by atoms with Crippen LogP contribution < -0.4 is 0 Å². The normalized spacial score (nSPS) is 16.7. The highest BCUT2D eigenvalue weighted by Crippen LogP contribution is 2.36. The van der Waals surface area contributed by atoms with Crippen LogP contribution in [0, 0.1) is 5.41 Å². The van der Waals surface area contributed by atoms with Crippen molar-refractivity contribution >= 4 is 0 Å². The maximum Gasteiger partial charge on any atom is 0.0655 e. The molecular formula is C11H22O2. The lowest BCUT2D eigenvalue weighted by Crippen LogP contribution is -2.42. The first-order valence-corrected chi connectivity index (χ1v) is 5.02. The minimum atomic E-state index is -0.486. The molecule has 0 aromatic carbocycles. The molecule has 0 heterocycles. The van der Waals surface area contributed by atoms with Crippen molar-refractivity contribution in [3.05, 3.63) is 12.7 Å². The smallest absolute Gasteiger partial charge is 0.0655 e. The van der Waals surface area contributed by atoms with E-state index in [-0.39, 0.29) is 5.41 Å². The average molecular weight is 186 g/mol. The summed E-state index contributed by atoms with van der Waals surface area (Å²) in [6.45, 7) is 9.35. The molecule has 0 amide bonds. The SMILES string of the molecule is C=CCC(O)C(CC)(CC)C(C)O. The molecule has 2 unspecified atom stereocenters. The van der Waals surface area contributed by atoms with E-state index < -0.39 is 12.2 Å². The molecule has 0 bridgehead atoms. The van der Waals surface area contributed by atoms with Crippen LogP contribution in [-0.4, -0.2) is 22.4 Å². The van der Waals surface area contributed by atoms with Crippen LogP contribution in [0.1, 0.15) is 40.0 Å². The Hall–Kier alpha value is -0.340. The van der Waals surface area contributed by atoms with Gasteiger partial charge >= 0.3 is 0 Å². The average Bonchev–Trinajstić information content (AvgIpc) is 2.07. The molecule has 0 spiro atoms. The first kappa shape index (κ1) is 12.7. The Bertz CT molecular complexity index is 148. The largest absolute Gasteiger partial charge is 0.393 e. The van der Waals surface area contributed by atoms with Gasteiger partial charge in [0.25, 0.3) is 0 Å². The summed E-state index contributed by atoms with van der Waals surface area (Å²) < 4.78 is 0. The highest BCUT2D eigenvalue weighted by Gasteiger charge is 2.38. The molecule has 0 aliphatic heterocycles. The van der Waals surface area contributed by atoms with E-state index in [0.29, 0.717) is 6.42 Å². The van der Waals surface area contributed by atoms with Gasteiger partial charge in [0.1, 0.15) is 0 Å². The predicted molar refractivity (Wildman–Crippen MR) is 55.5 cm³/mol. The second-order valence-corrected chi connectivity index (χ2v) is 3.66. The van der Waals surface area contributed by atoms with Crippen LogP contribution in [0.25, 0.3) is 0 Å². The zero-order chi connectivity index (χ0) is 10.5. The van der Waals surface area contributed by atoms with Crippen LogP contribution in [-0.2, 0) is 0 Å². The molecule has 2 heteroatoms. The molecule has 0 rings (SSSR count). The fourth-order valence-electron chi connectivity index (χ4n) is 1.98. The predicted octanol–water partition coefficient (Wildman–Crippen LogP) is 2.11. The second kappa shape index (κ2) is 5.40. The van der Waals surface area contributed by atoms with Crippen molar-refractivity contribution in [1.82, 2.24) is 0 Å². The number of hydrogen-bond acceptors (Lipinski definition) is 2. The molecule has 0 aliphatic rings. The van der Waals surface area contributed by atoms with Gasteiger partial charge in [-0.2, -0.15) is 0 Å². The van der Waals surface area contributed by atoms with Crippen LogP contribution in [0.2, 0.25) is 0 Å². The Balaban J connectivity index is 4.63. The summed E-state index contributed by atoms with van der Waals surface area (Å²) in [5.74, 6) is 0. The van der Waals surface area contributed by atoms with Gasteiger partial charge in [-0.3, -0.25) is 0 Å². The minimum Gasteiger partial charge on any atom is -0.393 e. The first-order chi connectivity index (χ1) is 6.05. The van der Waals surface area contributed by atoms with E-state index in [2.05, 4.69) is 6.58 Å². The quantitative estimate of drug-likeness (QED) is 0.624. The summed E-state index contributed by atoms with van der Waals surface area (Å²) in [7, 11) is 0. The fraction of sp³-hybridized carbons (Fsp3) is 0.818. The van der Waals surface area contributed by atoms with Crippen molar-refractivity contribution in [3.8, 4) is 0 Å². The zero-order valence-corrected chi connectivity index (χ0v) is 8.95. The molecule has 2 atom stereocenters. The number of aliphatic hydroxyl groups is 2. The lowest BCUT2D eigenvalue weighted by Gasteiger charge is -2.39. The Morgan fingerprint density at radius 3 is 2.00 bits per heavy atom. The van der Waals surface area contributed by atoms with Gasteiger partial charge in [0.05, 0.1) is 12.2 Å². The molecular weight excluding hydrogens is 164 g/mol. The van der Waals surface area contributed by atoms with E-state index in [1.54, 1.807) is 13.0 Å². The standard InChI is InChI=1S/C11H22O2/c1-5-8-10(13)11(6-2,7-3)9(4)12/h5,9-10,12-13H,1,6-8H2,2-4H3. The van der Waals surface area contributed by atoms with Crippen LogP contribution in [0.5, 0.6) is 0 Å². The monoisotopic (exact) mass is 186 g/mol. The number of rotatable bonds is 6. The van der Waals surface area contributed by atoms with Crippen molar-refractivity contribution in [1.29, 1.82) is 0 Å². The van der Waals surface area contributed by atoms with Gasteiger partial charge in [-0.25, -0.2) is 0 Å². The molecule has 0 aliphatic carbocycles. The van der Waals surface area contributed by atoms with E-state index in [9.17, 15) is 10.2 Å². The van der Waals surface area contributed by atoms with Gasteiger partial charge in [-0.1, -0.05) is 19.9 Å². The number of aliphatic hydroxyl groups excluding tert-OH is 2. The Kier molecular flexibility index (Phi) is 5.26. The fourth-order valence-corrected chi connectivity index (χ4v) is 1.98. The van der Waals surface area contributed by atoms with Gasteiger partial charge in [0.2, 0.25) is 0 Å². The summed E-state index contributed by atoms with van der Waals surface area (Å²) in [6, 6.07) is 0. The first-order valence-electron chi connectivity index (χ1n) is 5.02. The van der Waals surface area contributed by atoms with Crippen molar-refractivity contribution in [2.24, 2.45) is 5.41 Å². The van der Waals surface area contributed by atoms with Gasteiger partial charge in [-0.15, -0.1) is 6.58 Å². The van der Waals surface area contributed by atoms with Crippen molar-refractivity contribution in [2.75, 3.05) is 0 Å². The molecule has 0 fully saturated rings. The molecule has 0 saturated heterocycles. The molecule has 2 N–H and O–H groups in total. The summed E-state index contributed by atoms with van der Waals surface area (Å²) in [6.07, 6.45) is 2.86. The zero-order valence-electron chi connectivity index (χ0n) is 8.95. The topological polar surface area (TPSA) is 40.5 Å². The maximum atomic E-state index is 9.90. The van der Waals surface area contributed by atoms with Crippen LogP contribution >= 0.6 is 0 Å². The summed E-state index contributed by atoms with van der Waals surface area (Å²) in [4.78, 5) is 0. The molecule has 0 aromatic heterocycles. The van der Waals surface area contributed by atoms with E-state index in [0.717, 1.165) is 12.8 Å². The Labute approximate surface area is 81.3 Å². The third-order valence-electron chi connectivity index (χ3n) is 3.20. The van der Waals surface area contributed by atoms with Crippen molar-refractivity contribution in [2.45, 2.75) is 52.2 Å². The Morgan fingerprint density at radius 1 is 1.31 bits per heavy atom. The van der Waals surface area contributed by atoms with Crippen molar-refractivity contribution < 1.29 is 10.2 Å². The van der Waals surface area contributed by atoms with E-state index >= 15 is 0 Å². The van der Waals surface area contributed by atoms with Crippen molar-refractivity contribution in [3.63, 3.8) is 0 Å². The summed E-state index contributed by atoms with van der Waals surface area (Å²) in [5.41, 5.74) is -0.367. The lowest BCUT2D eigenvalue weighted by atomic mass is 9.72. The van der Waals surface area contributed by atoms with Gasteiger partial charge in [-0.05, 0) is 26.2 Å². The highest BCUT2D eigenvalue weighted by molar-refractivity contribution is 4.91. The van der Waals surface area contributed by atoms with E-state index in [4.69, 9.17) is 0 Å². The van der Waals surface area contributed by atoms with Crippen LogP contribution in [0.3, 0.4) is 0 Å². The molecule has 78 valence electrons. The lowest BCUT2D eigenvalue weighted by molar-refractivity contribution is -0.0663. The number of hydrogen-bond donors (Lipinski definition) is 2. The van der Waals surface area contributed by atoms with Gasteiger partial charge in [0, 0.05) is 5.41 Å². The third kappa shape index (κ3) is 2.55. The minimum absolute atomic E-state index is 0.367. The molecule has 2 nitrogen and oxygen atoms in total. The third-order valence-corrected chi connectivity index (χ3v) is 3.20. The maximum absolute atomic E-state index is 9.90. The summed E-state index contributed by atoms with van der Waals surface area (Å²) >= 11 is 0. The van der Waals surface area contributed by atoms with E-state index in [1.165, 1.54) is 0 Å². The molecule has 0 aromatic rings. The van der Waals surface area contributed by atoms with Crippen LogP contribution in [0.4, 0.5) is 0 Å². The Morgan fingerprint density at radius 2 is 1.77 bits per heavy atom. The molecule has 0 saturated carbocycles.